The molecule has 114 valence electrons. The number of carboxylic acids is 1. The first-order valence-electron chi connectivity index (χ1n) is 6.91. The van der Waals surface area contributed by atoms with E-state index in [2.05, 4.69) is 4.98 Å². The highest BCUT2D eigenvalue weighted by molar-refractivity contribution is 5.95. The summed E-state index contributed by atoms with van der Waals surface area (Å²) in [7, 11) is 1.51. The molecule has 2 rings (SSSR count). The van der Waals surface area contributed by atoms with E-state index in [0.29, 0.717) is 5.82 Å². The minimum absolute atomic E-state index is 0.116. The van der Waals surface area contributed by atoms with Crippen molar-refractivity contribution in [1.82, 2.24) is 14.4 Å². The van der Waals surface area contributed by atoms with Crippen LogP contribution in [-0.2, 0) is 4.79 Å². The van der Waals surface area contributed by atoms with E-state index >= 15 is 0 Å². The molecule has 1 saturated heterocycles. The number of carboxylic acid groups (broad SMARTS) is 1. The number of amides is 2. The molecule has 2 atom stereocenters. The Morgan fingerprint density at radius 2 is 2.10 bits per heavy atom. The highest BCUT2D eigenvalue weighted by Crippen LogP contribution is 2.39. The maximum Gasteiger partial charge on any atom is 0.426 e. The van der Waals surface area contributed by atoms with Gasteiger partial charge in [-0.25, -0.2) is 9.78 Å². The number of hydrogen-bond donors (Lipinski definition) is 0. The van der Waals surface area contributed by atoms with Gasteiger partial charge in [0.15, 0.2) is 0 Å². The largest absolute Gasteiger partial charge is 0.548 e. The standard InChI is InChI=1S/C15H21N3O3/c1-10-7-6-8-16-12(10)18(15(2,3)4)9-11(13(19)20)17(5)14(18)21/h6-8,11H,9H2,1-5H3. The Labute approximate surface area is 124 Å². The van der Waals surface area contributed by atoms with Gasteiger partial charge in [0, 0.05) is 18.8 Å². The molecule has 0 spiro atoms. The molecule has 1 aliphatic rings. The molecule has 2 unspecified atom stereocenters. The van der Waals surface area contributed by atoms with Gasteiger partial charge >= 0.3 is 6.03 Å². The van der Waals surface area contributed by atoms with Crippen molar-refractivity contribution in [3.63, 3.8) is 0 Å². The quantitative estimate of drug-likeness (QED) is 0.751. The topological polar surface area (TPSA) is 73.3 Å². The van der Waals surface area contributed by atoms with Crippen molar-refractivity contribution in [2.45, 2.75) is 39.3 Å². The van der Waals surface area contributed by atoms with Gasteiger partial charge in [-0.05, 0) is 33.8 Å². The fourth-order valence-corrected chi connectivity index (χ4v) is 3.03. The molecule has 0 N–H and O–H groups in total. The molecule has 1 aliphatic heterocycles. The Kier molecular flexibility index (Phi) is 3.53. The van der Waals surface area contributed by atoms with Crippen LogP contribution in [0.1, 0.15) is 26.3 Å². The van der Waals surface area contributed by atoms with Crippen LogP contribution in [0.2, 0.25) is 0 Å². The van der Waals surface area contributed by atoms with Crippen LogP contribution in [0.3, 0.4) is 0 Å². The van der Waals surface area contributed by atoms with Gasteiger partial charge in [-0.1, -0.05) is 6.07 Å². The van der Waals surface area contributed by atoms with E-state index < -0.39 is 17.6 Å². The Balaban J connectivity index is 2.69. The van der Waals surface area contributed by atoms with E-state index in [1.54, 1.807) is 12.3 Å². The van der Waals surface area contributed by atoms with Crippen LogP contribution < -0.4 is 9.59 Å². The highest BCUT2D eigenvalue weighted by atomic mass is 16.4. The number of pyridine rings is 1. The molecule has 0 saturated carbocycles. The first-order valence-corrected chi connectivity index (χ1v) is 6.91. The number of carbonyl (C=O) groups excluding carboxylic acids is 2. The Morgan fingerprint density at radius 1 is 1.48 bits per heavy atom. The maximum atomic E-state index is 12.9. The third-order valence-corrected chi connectivity index (χ3v) is 4.30. The van der Waals surface area contributed by atoms with E-state index in [0.717, 1.165) is 5.56 Å². The van der Waals surface area contributed by atoms with Gasteiger partial charge in [0.2, 0.25) is 5.82 Å². The summed E-state index contributed by atoms with van der Waals surface area (Å²) in [5, 5.41) is 11.4. The summed E-state index contributed by atoms with van der Waals surface area (Å²) < 4.78 is -0.116. The van der Waals surface area contributed by atoms with Gasteiger partial charge in [-0.2, -0.15) is 4.48 Å². The molecule has 0 radical (unpaired) electrons. The van der Waals surface area contributed by atoms with Crippen molar-refractivity contribution in [3.8, 4) is 0 Å². The van der Waals surface area contributed by atoms with Gasteiger partial charge in [0.25, 0.3) is 0 Å². The molecule has 0 bridgehead atoms. The second-order valence-corrected chi connectivity index (χ2v) is 6.54. The van der Waals surface area contributed by atoms with Crippen molar-refractivity contribution in [2.75, 3.05) is 13.6 Å². The van der Waals surface area contributed by atoms with Crippen LogP contribution >= 0.6 is 0 Å². The van der Waals surface area contributed by atoms with Gasteiger partial charge < -0.3 is 9.90 Å². The van der Waals surface area contributed by atoms with E-state index in [1.807, 2.05) is 33.8 Å². The van der Waals surface area contributed by atoms with Crippen molar-refractivity contribution in [3.05, 3.63) is 23.9 Å². The van der Waals surface area contributed by atoms with E-state index in [9.17, 15) is 14.7 Å². The lowest BCUT2D eigenvalue weighted by atomic mass is 10.00. The minimum Gasteiger partial charge on any atom is -0.548 e. The Bertz CT molecular complexity index is 594. The number of aliphatic carboxylic acids is 1. The fraction of sp³-hybridized carbons (Fsp3) is 0.533. The number of quaternary nitrogens is 1. The van der Waals surface area contributed by atoms with Crippen LogP contribution in [0, 0.1) is 6.92 Å². The van der Waals surface area contributed by atoms with Gasteiger partial charge in [-0.15, -0.1) is 0 Å². The summed E-state index contributed by atoms with van der Waals surface area (Å²) in [6, 6.07) is 2.48. The molecular formula is C15H21N3O3. The summed E-state index contributed by atoms with van der Waals surface area (Å²) >= 11 is 0. The van der Waals surface area contributed by atoms with Crippen LogP contribution in [0.25, 0.3) is 0 Å². The zero-order valence-corrected chi connectivity index (χ0v) is 13.1. The van der Waals surface area contributed by atoms with Crippen LogP contribution in [0.5, 0.6) is 0 Å². The summed E-state index contributed by atoms with van der Waals surface area (Å²) in [5.41, 5.74) is 0.349. The lowest BCUT2D eigenvalue weighted by Gasteiger charge is -2.41. The van der Waals surface area contributed by atoms with Crippen molar-refractivity contribution in [2.24, 2.45) is 0 Å². The predicted molar refractivity (Wildman–Crippen MR) is 77.3 cm³/mol. The zero-order valence-electron chi connectivity index (χ0n) is 13.1. The third kappa shape index (κ3) is 2.10. The predicted octanol–water partition coefficient (Wildman–Crippen LogP) is 0.680. The first-order chi connectivity index (χ1) is 9.63. The van der Waals surface area contributed by atoms with Crippen LogP contribution in [0.4, 0.5) is 10.6 Å². The molecule has 2 heterocycles. The average Bonchev–Trinajstić information content (AvgIpc) is 2.64. The van der Waals surface area contributed by atoms with Crippen molar-refractivity contribution >= 4 is 17.8 Å². The van der Waals surface area contributed by atoms with Gasteiger partial charge in [0.05, 0.1) is 5.97 Å². The lowest BCUT2D eigenvalue weighted by Crippen LogP contribution is -2.64. The van der Waals surface area contributed by atoms with Crippen LogP contribution in [0.15, 0.2) is 18.3 Å². The number of hydrogen-bond acceptors (Lipinski definition) is 4. The smallest absolute Gasteiger partial charge is 0.426 e. The zero-order chi connectivity index (χ0) is 16.0. The summed E-state index contributed by atoms with van der Waals surface area (Å²) in [4.78, 5) is 29.9. The van der Waals surface area contributed by atoms with E-state index in [1.165, 1.54) is 11.9 Å². The molecule has 6 nitrogen and oxygen atoms in total. The normalized spacial score (nSPS) is 26.2. The van der Waals surface area contributed by atoms with Crippen molar-refractivity contribution < 1.29 is 14.7 Å². The molecule has 1 fully saturated rings. The number of carbonyl (C=O) groups is 2. The maximum absolute atomic E-state index is 12.9. The third-order valence-electron chi connectivity index (χ3n) is 4.30. The summed E-state index contributed by atoms with van der Waals surface area (Å²) in [6.07, 6.45) is 1.63. The summed E-state index contributed by atoms with van der Waals surface area (Å²) in [6.45, 7) is 7.77. The first kappa shape index (κ1) is 15.4. The molecule has 21 heavy (non-hydrogen) atoms. The van der Waals surface area contributed by atoms with Crippen molar-refractivity contribution in [1.29, 1.82) is 0 Å². The van der Waals surface area contributed by atoms with Gasteiger partial charge in [-0.3, -0.25) is 4.90 Å². The highest BCUT2D eigenvalue weighted by Gasteiger charge is 2.60. The molecule has 1 aromatic rings. The molecule has 1 aromatic heterocycles. The second kappa shape index (κ2) is 4.80. The fourth-order valence-electron chi connectivity index (χ4n) is 3.03. The minimum atomic E-state index is -1.23. The monoisotopic (exact) mass is 291 g/mol. The number of likely N-dealkylation sites (N-methyl/N-ethyl adjacent to an activating group) is 1. The number of nitrogens with zero attached hydrogens (tertiary/aromatic N) is 3. The number of aryl methyl sites for hydroxylation is 1. The molecule has 2 amide bonds. The molecular weight excluding hydrogens is 270 g/mol. The number of aromatic nitrogens is 1. The molecule has 0 aliphatic carbocycles. The van der Waals surface area contributed by atoms with Gasteiger partial charge in [0.1, 0.15) is 18.1 Å². The Morgan fingerprint density at radius 3 is 2.52 bits per heavy atom. The Hall–Kier alpha value is -1.95. The SMILES string of the molecule is Cc1cccnc1[N+]1(C(C)(C)C)CC(C(=O)[O-])N(C)C1=O. The number of rotatable bonds is 2. The lowest BCUT2D eigenvalue weighted by molar-refractivity contribution is -0.309. The van der Waals surface area contributed by atoms with E-state index in [4.69, 9.17) is 0 Å². The second-order valence-electron chi connectivity index (χ2n) is 6.54. The van der Waals surface area contributed by atoms with E-state index in [-0.39, 0.29) is 17.1 Å². The molecule has 0 aromatic carbocycles. The summed E-state index contributed by atoms with van der Waals surface area (Å²) in [5.74, 6) is -0.630. The average molecular weight is 291 g/mol. The molecule has 6 heteroatoms. The number of urea groups is 1. The van der Waals surface area contributed by atoms with Crippen LogP contribution in [-0.4, -0.2) is 47.1 Å².